The Balaban J connectivity index is 0.917. The SMILES string of the molecule is Cc1ccc(C(OS(=O)(=O)CCCOc2ccc(C(=O)Nc3nc4ccccc4s3)c3c2CCN(c2ccc(-c4cnn(CC56CC7(C)CC(CC(C)(C7)C5)C6OCCN(C)C(=O)OC(C)(C)C)c4C)c(C(=O)OC(C)(C)C)n2)C3)C(F)(F)F)cc1. The molecule has 4 saturated carbocycles. The Bertz CT molecular complexity index is 3600. The summed E-state index contributed by atoms with van der Waals surface area (Å²) in [6, 6.07) is 19.8. The number of anilines is 2. The lowest BCUT2D eigenvalue weighted by atomic mass is 9.39. The quantitative estimate of drug-likeness (QED) is 0.0457. The van der Waals surface area contributed by atoms with Crippen LogP contribution < -0.4 is 15.0 Å². The van der Waals surface area contributed by atoms with Crippen LogP contribution in [0.25, 0.3) is 21.3 Å². The maximum Gasteiger partial charge on any atom is 0.420 e. The first-order chi connectivity index (χ1) is 40.3. The highest BCUT2D eigenvalue weighted by Gasteiger charge is 2.65. The molecule has 1 N–H and O–H groups in total. The van der Waals surface area contributed by atoms with Gasteiger partial charge in [-0.15, -0.1) is 0 Å². The molecule has 5 aliphatic rings. The molecule has 2 amide bonds. The molecular weight excluding hydrogens is 1150 g/mol. The zero-order valence-corrected chi connectivity index (χ0v) is 52.5. The van der Waals surface area contributed by atoms with Crippen LogP contribution in [-0.2, 0) is 48.0 Å². The highest BCUT2D eigenvalue weighted by atomic mass is 32.2. The average Bonchev–Trinajstić information content (AvgIpc) is 0.741. The van der Waals surface area contributed by atoms with Gasteiger partial charge in [-0.1, -0.05) is 67.1 Å². The number of benzene rings is 3. The first-order valence-electron chi connectivity index (χ1n) is 29.3. The number of rotatable bonds is 19. The number of alkyl halides is 3. The smallest absolute Gasteiger partial charge is 0.420 e. The largest absolute Gasteiger partial charge is 0.493 e. The Morgan fingerprint density at radius 2 is 1.55 bits per heavy atom. The number of carbonyl (C=O) groups excluding carboxylic acids is 3. The summed E-state index contributed by atoms with van der Waals surface area (Å²) >= 11 is 1.33. The number of hydrogen-bond donors (Lipinski definition) is 1. The minimum absolute atomic E-state index is 0.0606. The summed E-state index contributed by atoms with van der Waals surface area (Å²) in [7, 11) is -2.95. The highest BCUT2D eigenvalue weighted by Crippen LogP contribution is 2.70. The van der Waals surface area contributed by atoms with E-state index in [-0.39, 0.29) is 53.2 Å². The summed E-state index contributed by atoms with van der Waals surface area (Å²) in [6.45, 7) is 21.1. The number of amides is 2. The second-order valence-corrected chi connectivity index (χ2v) is 29.6. The molecule has 4 bridgehead atoms. The average molecular weight is 1230 g/mol. The number of ether oxygens (including phenoxy) is 4. The van der Waals surface area contributed by atoms with Gasteiger partial charge in [0.2, 0.25) is 0 Å². The highest BCUT2D eigenvalue weighted by molar-refractivity contribution is 7.86. The standard InChI is InChI=1S/C64H78F3N7O10S2/c1-39-17-19-41(20-18-39)54(64(65,66)67)84-86(78,79)30-14-28-80-49-23-21-45(55(75)71-57-69-48-15-12-13-16-50(48)85-57)47-34-73(26-25-43(47)49)51-24-22-44(52(70-51)56(76)82-59(3,4)5)46-33-68-74(40(46)2)38-63-36-61(9)31-42(32-62(10,35-61)37-63)53(63)81-29-27-72(11)58(77)83-60(6,7)8/h12-13,15-24,33,42,53-54H,14,25-32,34-38H2,1-11H3,(H,69,71,75). The zero-order valence-electron chi connectivity index (χ0n) is 50.9. The molecule has 4 aliphatic carbocycles. The second kappa shape index (κ2) is 23.5. The Morgan fingerprint density at radius 1 is 0.849 bits per heavy atom. The van der Waals surface area contributed by atoms with Crippen LogP contribution in [0.1, 0.15) is 149 Å². The van der Waals surface area contributed by atoms with E-state index in [2.05, 4.69) is 28.8 Å². The van der Waals surface area contributed by atoms with Gasteiger partial charge in [0.1, 0.15) is 22.8 Å². The first-order valence-corrected chi connectivity index (χ1v) is 31.7. The summed E-state index contributed by atoms with van der Waals surface area (Å²) in [4.78, 5) is 55.0. The fourth-order valence-electron chi connectivity index (χ4n) is 14.1. The van der Waals surface area contributed by atoms with Crippen molar-refractivity contribution in [1.29, 1.82) is 0 Å². The minimum atomic E-state index is -4.99. The van der Waals surface area contributed by atoms with Crippen molar-refractivity contribution >= 4 is 60.6 Å². The van der Waals surface area contributed by atoms with Crippen LogP contribution in [0.3, 0.4) is 0 Å². The van der Waals surface area contributed by atoms with Crippen molar-refractivity contribution in [2.45, 2.75) is 157 Å². The Labute approximate surface area is 505 Å². The number of halogens is 3. The van der Waals surface area contributed by atoms with Crippen LogP contribution in [0.5, 0.6) is 5.75 Å². The molecule has 0 saturated heterocycles. The van der Waals surface area contributed by atoms with E-state index in [9.17, 15) is 36.0 Å². The van der Waals surface area contributed by atoms with E-state index in [1.54, 1.807) is 58.0 Å². The topological polar surface area (TPSA) is 194 Å². The predicted octanol–water partition coefficient (Wildman–Crippen LogP) is 13.2. The summed E-state index contributed by atoms with van der Waals surface area (Å²) in [5.41, 5.74) is 3.39. The molecule has 4 fully saturated rings. The first kappa shape index (κ1) is 62.4. The number of pyridine rings is 1. The molecule has 86 heavy (non-hydrogen) atoms. The molecule has 4 atom stereocenters. The molecule has 3 aromatic carbocycles. The van der Waals surface area contributed by atoms with Crippen LogP contribution in [0.4, 0.5) is 28.9 Å². The van der Waals surface area contributed by atoms with Gasteiger partial charge in [0, 0.05) is 66.6 Å². The van der Waals surface area contributed by atoms with Crippen LogP contribution in [0, 0.1) is 36.0 Å². The number of aryl methyl sites for hydroxylation is 1. The minimum Gasteiger partial charge on any atom is -0.493 e. The number of likely N-dealkylation sites (N-methyl/N-ethyl adjacent to an activating group) is 1. The number of hydrogen-bond acceptors (Lipinski definition) is 15. The van der Waals surface area contributed by atoms with Crippen LogP contribution >= 0.6 is 11.3 Å². The molecule has 11 rings (SSSR count). The van der Waals surface area contributed by atoms with E-state index in [0.29, 0.717) is 88.7 Å². The van der Waals surface area contributed by atoms with E-state index >= 15 is 0 Å². The van der Waals surface area contributed by atoms with Crippen LogP contribution in [0.15, 0.2) is 79.0 Å². The van der Waals surface area contributed by atoms with E-state index in [0.717, 1.165) is 48.0 Å². The molecular formula is C64H78F3N7O10S2. The number of esters is 1. The Hall–Kier alpha value is -6.62. The van der Waals surface area contributed by atoms with Gasteiger partial charge >= 0.3 is 18.2 Å². The molecule has 22 heteroatoms. The third kappa shape index (κ3) is 13.9. The van der Waals surface area contributed by atoms with Gasteiger partial charge in [-0.3, -0.25) is 19.0 Å². The summed E-state index contributed by atoms with van der Waals surface area (Å²) < 4.78 is 101. The molecule has 462 valence electrons. The van der Waals surface area contributed by atoms with Crippen molar-refractivity contribution in [2.75, 3.05) is 49.3 Å². The Kier molecular flexibility index (Phi) is 17.0. The molecule has 6 aromatic rings. The van der Waals surface area contributed by atoms with Crippen molar-refractivity contribution in [3.63, 3.8) is 0 Å². The predicted molar refractivity (Wildman–Crippen MR) is 323 cm³/mol. The van der Waals surface area contributed by atoms with Crippen molar-refractivity contribution in [1.82, 2.24) is 24.6 Å². The molecule has 3 aromatic heterocycles. The molecule has 4 unspecified atom stereocenters. The molecule has 0 spiro atoms. The van der Waals surface area contributed by atoms with Gasteiger partial charge in [-0.25, -0.2) is 19.6 Å². The van der Waals surface area contributed by atoms with Gasteiger partial charge in [0.25, 0.3) is 16.0 Å². The number of aromatic nitrogens is 4. The van der Waals surface area contributed by atoms with Gasteiger partial charge in [0.05, 0.1) is 41.5 Å². The number of fused-ring (bicyclic) bond motifs is 2. The number of carbonyl (C=O) groups is 3. The number of nitrogens with one attached hydrogen (secondary N) is 1. The van der Waals surface area contributed by atoms with Gasteiger partial charge in [-0.2, -0.15) is 26.7 Å². The van der Waals surface area contributed by atoms with Crippen LogP contribution in [0.2, 0.25) is 0 Å². The summed E-state index contributed by atoms with van der Waals surface area (Å²) in [6.07, 6.45) is -0.973. The van der Waals surface area contributed by atoms with E-state index in [1.165, 1.54) is 35.6 Å². The van der Waals surface area contributed by atoms with Gasteiger partial charge in [-0.05, 0) is 165 Å². The Morgan fingerprint density at radius 3 is 2.22 bits per heavy atom. The summed E-state index contributed by atoms with van der Waals surface area (Å²) in [5.74, 6) is -0.664. The maximum absolute atomic E-state index is 14.5. The van der Waals surface area contributed by atoms with Crippen molar-refractivity contribution in [3.8, 4) is 16.9 Å². The monoisotopic (exact) mass is 1230 g/mol. The fraction of sp³-hybridized carbons (Fsp3) is 0.531. The number of para-hydroxylation sites is 1. The fourth-order valence-corrected chi connectivity index (χ4v) is 16.1. The van der Waals surface area contributed by atoms with E-state index in [1.807, 2.05) is 69.0 Å². The van der Waals surface area contributed by atoms with Crippen molar-refractivity contribution in [2.24, 2.45) is 22.2 Å². The molecule has 4 heterocycles. The van der Waals surface area contributed by atoms with Crippen molar-refractivity contribution < 1.29 is 59.1 Å². The zero-order chi connectivity index (χ0) is 61.9. The van der Waals surface area contributed by atoms with Gasteiger partial charge in [0.15, 0.2) is 16.9 Å². The number of nitrogens with zero attached hydrogens (tertiary/aromatic N) is 6. The second-order valence-electron chi connectivity index (χ2n) is 26.8. The van der Waals surface area contributed by atoms with Gasteiger partial charge < -0.3 is 28.7 Å². The normalized spacial score (nSPS) is 22.4. The molecule has 1 aliphatic heterocycles. The lowest BCUT2D eigenvalue weighted by molar-refractivity contribution is -0.236. The third-order valence-corrected chi connectivity index (χ3v) is 19.1. The lowest BCUT2D eigenvalue weighted by Crippen LogP contribution is -2.64. The van der Waals surface area contributed by atoms with E-state index < -0.39 is 57.3 Å². The summed E-state index contributed by atoms with van der Waals surface area (Å²) in [5, 5.41) is 8.41. The molecule has 0 radical (unpaired) electrons. The number of thiazole rings is 1. The lowest BCUT2D eigenvalue weighted by Gasteiger charge is -2.68. The van der Waals surface area contributed by atoms with Crippen LogP contribution in [-0.4, -0.2) is 114 Å². The molecule has 17 nitrogen and oxygen atoms in total. The third-order valence-electron chi connectivity index (χ3n) is 16.9. The van der Waals surface area contributed by atoms with Crippen molar-refractivity contribution in [3.05, 3.63) is 118 Å². The maximum atomic E-state index is 14.5. The van der Waals surface area contributed by atoms with E-state index in [4.69, 9.17) is 33.2 Å².